The van der Waals surface area contributed by atoms with Crippen LogP contribution in [0.2, 0.25) is 0 Å². The molecule has 10 aromatic carbocycles. The van der Waals surface area contributed by atoms with Gasteiger partial charge in [-0.15, -0.1) is 0 Å². The summed E-state index contributed by atoms with van der Waals surface area (Å²) in [4.78, 5) is 0. The molecule has 0 spiro atoms. The summed E-state index contributed by atoms with van der Waals surface area (Å²) in [6.07, 6.45) is 0. The lowest BCUT2D eigenvalue weighted by Crippen LogP contribution is -1.90. The van der Waals surface area contributed by atoms with Crippen LogP contribution < -0.4 is 0 Å². The molecule has 0 unspecified atom stereocenters. The van der Waals surface area contributed by atoms with Gasteiger partial charge < -0.3 is 4.42 Å². The third-order valence-corrected chi connectivity index (χ3v) is 10.3. The van der Waals surface area contributed by atoms with E-state index in [0.717, 1.165) is 27.5 Å². The van der Waals surface area contributed by atoms with E-state index in [1.165, 1.54) is 81.3 Å². The van der Waals surface area contributed by atoms with Crippen molar-refractivity contribution in [1.29, 1.82) is 0 Å². The molecule has 0 bridgehead atoms. The van der Waals surface area contributed by atoms with Crippen molar-refractivity contribution in [1.82, 2.24) is 0 Å². The summed E-state index contributed by atoms with van der Waals surface area (Å²) in [6.45, 7) is 0. The fourth-order valence-corrected chi connectivity index (χ4v) is 8.22. The summed E-state index contributed by atoms with van der Waals surface area (Å²) in [5, 5.41) is 17.5. The Labute approximate surface area is 270 Å². The van der Waals surface area contributed by atoms with Crippen molar-refractivity contribution >= 4 is 86.6 Å². The summed E-state index contributed by atoms with van der Waals surface area (Å²) in [7, 11) is 0. The van der Waals surface area contributed by atoms with E-state index in [1.807, 2.05) is 0 Å². The first-order valence-electron chi connectivity index (χ1n) is 16.3. The fourth-order valence-electron chi connectivity index (χ4n) is 8.22. The number of fused-ring (bicyclic) bond motifs is 7. The minimum absolute atomic E-state index is 0.908. The van der Waals surface area contributed by atoms with Gasteiger partial charge in [0.15, 0.2) is 0 Å². The van der Waals surface area contributed by atoms with E-state index >= 15 is 0 Å². The highest BCUT2D eigenvalue weighted by molar-refractivity contribution is 6.27. The zero-order valence-corrected chi connectivity index (χ0v) is 25.4. The highest BCUT2D eigenvalue weighted by Crippen LogP contribution is 2.46. The molecule has 0 aliphatic rings. The first-order chi connectivity index (χ1) is 23.3. The molecule has 0 atom stereocenters. The maximum atomic E-state index is 6.81. The maximum Gasteiger partial charge on any atom is 0.136 e. The maximum absolute atomic E-state index is 6.81. The smallest absolute Gasteiger partial charge is 0.136 e. The highest BCUT2D eigenvalue weighted by atomic mass is 16.3. The van der Waals surface area contributed by atoms with Gasteiger partial charge in [0.1, 0.15) is 11.2 Å². The van der Waals surface area contributed by atoms with Crippen molar-refractivity contribution in [2.45, 2.75) is 0 Å². The van der Waals surface area contributed by atoms with Crippen molar-refractivity contribution in [2.24, 2.45) is 0 Å². The molecule has 0 saturated heterocycles. The third-order valence-electron chi connectivity index (χ3n) is 10.3. The lowest BCUT2D eigenvalue weighted by Gasteiger charge is -2.16. The lowest BCUT2D eigenvalue weighted by atomic mass is 9.86. The van der Waals surface area contributed by atoms with Gasteiger partial charge in [0.2, 0.25) is 0 Å². The van der Waals surface area contributed by atoms with Gasteiger partial charge in [-0.2, -0.15) is 0 Å². The molecule has 11 aromatic rings. The van der Waals surface area contributed by atoms with E-state index in [0.29, 0.717) is 0 Å². The molecule has 0 aliphatic heterocycles. The van der Waals surface area contributed by atoms with Gasteiger partial charge in [0.25, 0.3) is 0 Å². The molecular weight excluding hydrogens is 569 g/mol. The van der Waals surface area contributed by atoms with Gasteiger partial charge in [-0.25, -0.2) is 0 Å². The van der Waals surface area contributed by atoms with E-state index in [-0.39, 0.29) is 0 Å². The molecule has 0 aliphatic carbocycles. The molecule has 0 saturated carbocycles. The highest BCUT2D eigenvalue weighted by Gasteiger charge is 2.20. The second kappa shape index (κ2) is 9.19. The topological polar surface area (TPSA) is 13.1 Å². The average molecular weight is 595 g/mol. The summed E-state index contributed by atoms with van der Waals surface area (Å²) in [5.74, 6) is 0. The monoisotopic (exact) mass is 594 g/mol. The number of rotatable bonds is 2. The summed E-state index contributed by atoms with van der Waals surface area (Å²) in [6, 6.07) is 57.9. The van der Waals surface area contributed by atoms with Crippen LogP contribution in [-0.4, -0.2) is 0 Å². The quantitative estimate of drug-likeness (QED) is 0.182. The first kappa shape index (κ1) is 25.1. The zero-order chi connectivity index (χ0) is 30.6. The molecule has 11 rings (SSSR count). The van der Waals surface area contributed by atoms with Gasteiger partial charge in [0.05, 0.1) is 0 Å². The summed E-state index contributed by atoms with van der Waals surface area (Å²) >= 11 is 0. The first-order valence-corrected chi connectivity index (χ1v) is 16.3. The lowest BCUT2D eigenvalue weighted by molar-refractivity contribution is 0.669. The molecular formula is C46H26O. The molecule has 47 heavy (non-hydrogen) atoms. The van der Waals surface area contributed by atoms with Crippen molar-refractivity contribution in [3.8, 4) is 22.3 Å². The van der Waals surface area contributed by atoms with E-state index in [4.69, 9.17) is 4.42 Å². The van der Waals surface area contributed by atoms with Crippen LogP contribution in [0.4, 0.5) is 0 Å². The summed E-state index contributed by atoms with van der Waals surface area (Å²) in [5.41, 5.74) is 6.61. The Kier molecular flexibility index (Phi) is 4.90. The SMILES string of the molecule is c1ccc2cc3c(cc2c1)oc1cc(-c2cc4ccccc4c4ccccc24)cc(-c2ccc4ccc5cccc6ccc2c4c56)c13. The van der Waals surface area contributed by atoms with Crippen molar-refractivity contribution in [3.05, 3.63) is 158 Å². The Morgan fingerprint density at radius 1 is 0.277 bits per heavy atom. The Morgan fingerprint density at radius 2 is 0.915 bits per heavy atom. The Bertz CT molecular complexity index is 3050. The number of hydrogen-bond acceptors (Lipinski definition) is 1. The molecule has 1 heteroatoms. The van der Waals surface area contributed by atoms with Gasteiger partial charge in [-0.1, -0.05) is 127 Å². The average Bonchev–Trinajstić information content (AvgIpc) is 3.49. The number of hydrogen-bond donors (Lipinski definition) is 0. The van der Waals surface area contributed by atoms with E-state index in [2.05, 4.69) is 158 Å². The Balaban J connectivity index is 1.31. The molecule has 1 aromatic heterocycles. The molecule has 0 radical (unpaired) electrons. The second-order valence-corrected chi connectivity index (χ2v) is 12.9. The molecule has 216 valence electrons. The fraction of sp³-hybridized carbons (Fsp3) is 0. The molecule has 0 N–H and O–H groups in total. The van der Waals surface area contributed by atoms with Gasteiger partial charge in [-0.05, 0) is 117 Å². The van der Waals surface area contributed by atoms with Crippen LogP contribution in [0.15, 0.2) is 162 Å². The van der Waals surface area contributed by atoms with E-state index in [1.54, 1.807) is 0 Å². The number of furan rings is 1. The van der Waals surface area contributed by atoms with Crippen molar-refractivity contribution in [3.63, 3.8) is 0 Å². The predicted octanol–water partition coefficient (Wildman–Crippen LogP) is 13.3. The van der Waals surface area contributed by atoms with Crippen LogP contribution in [0, 0.1) is 0 Å². The van der Waals surface area contributed by atoms with Crippen LogP contribution in [0.5, 0.6) is 0 Å². The van der Waals surface area contributed by atoms with E-state index in [9.17, 15) is 0 Å². The van der Waals surface area contributed by atoms with Crippen LogP contribution in [0.25, 0.3) is 109 Å². The Morgan fingerprint density at radius 3 is 1.74 bits per heavy atom. The molecule has 0 fully saturated rings. The minimum atomic E-state index is 0.908. The van der Waals surface area contributed by atoms with Crippen LogP contribution in [0.1, 0.15) is 0 Å². The third kappa shape index (κ3) is 3.49. The second-order valence-electron chi connectivity index (χ2n) is 12.9. The standard InChI is InChI=1S/C46H26O/c1-2-9-31-25-42-41(22-30(31)8-1)46-40(37-20-18-29-17-16-27-11-7-12-28-19-21-38(37)45(29)44(27)28)24-33(26-43(46)47-42)39-23-32-10-3-4-13-34(32)35-14-5-6-15-36(35)39/h1-26H. The van der Waals surface area contributed by atoms with E-state index < -0.39 is 0 Å². The predicted molar refractivity (Wildman–Crippen MR) is 201 cm³/mol. The van der Waals surface area contributed by atoms with Crippen molar-refractivity contribution < 1.29 is 4.42 Å². The normalized spacial score (nSPS) is 12.3. The molecule has 0 amide bonds. The summed E-state index contributed by atoms with van der Waals surface area (Å²) < 4.78 is 6.81. The molecule has 1 nitrogen and oxygen atoms in total. The minimum Gasteiger partial charge on any atom is -0.456 e. The Hall–Kier alpha value is -6.18. The van der Waals surface area contributed by atoms with Gasteiger partial charge in [0, 0.05) is 10.8 Å². The van der Waals surface area contributed by atoms with Crippen LogP contribution >= 0.6 is 0 Å². The van der Waals surface area contributed by atoms with Gasteiger partial charge >= 0.3 is 0 Å². The van der Waals surface area contributed by atoms with Crippen LogP contribution in [-0.2, 0) is 0 Å². The number of benzene rings is 10. The van der Waals surface area contributed by atoms with Crippen molar-refractivity contribution in [2.75, 3.05) is 0 Å². The zero-order valence-electron chi connectivity index (χ0n) is 25.4. The largest absolute Gasteiger partial charge is 0.456 e. The van der Waals surface area contributed by atoms with Gasteiger partial charge in [-0.3, -0.25) is 0 Å². The van der Waals surface area contributed by atoms with Crippen LogP contribution in [0.3, 0.4) is 0 Å². The molecule has 1 heterocycles.